The topological polar surface area (TPSA) is 60.3 Å². The van der Waals surface area contributed by atoms with Crippen molar-refractivity contribution in [1.29, 1.82) is 0 Å². The summed E-state index contributed by atoms with van der Waals surface area (Å²) in [4.78, 5) is 1.42. The van der Waals surface area contributed by atoms with Crippen LogP contribution in [0.5, 0.6) is 11.5 Å². The lowest BCUT2D eigenvalue weighted by atomic mass is 10.2. The van der Waals surface area contributed by atoms with Crippen molar-refractivity contribution in [2.24, 2.45) is 0 Å². The van der Waals surface area contributed by atoms with Gasteiger partial charge in [-0.2, -0.15) is 4.31 Å². The van der Waals surface area contributed by atoms with E-state index in [2.05, 4.69) is 0 Å². The maximum Gasteiger partial charge on any atom is 0.247 e. The number of rotatable bonds is 6. The van der Waals surface area contributed by atoms with E-state index in [1.807, 2.05) is 19.1 Å². The maximum atomic E-state index is 13.9. The zero-order chi connectivity index (χ0) is 20.3. The van der Waals surface area contributed by atoms with Crippen LogP contribution < -0.4 is 14.4 Å². The van der Waals surface area contributed by atoms with Crippen LogP contribution in [0.1, 0.15) is 11.1 Å². The molecule has 0 aliphatic carbocycles. The molecule has 6 nitrogen and oxygen atoms in total. The van der Waals surface area contributed by atoms with E-state index < -0.39 is 10.0 Å². The molecule has 2 aromatic carbocycles. The van der Waals surface area contributed by atoms with Gasteiger partial charge in [0.1, 0.15) is 17.2 Å². The van der Waals surface area contributed by atoms with E-state index >= 15 is 0 Å². The summed E-state index contributed by atoms with van der Waals surface area (Å²) in [5.41, 5.74) is 1.73. The van der Waals surface area contributed by atoms with E-state index in [0.717, 1.165) is 11.1 Å². The highest BCUT2D eigenvalue weighted by atomic mass is 32.2. The quantitative estimate of drug-likeness (QED) is 0.780. The molecule has 1 aliphatic heterocycles. The highest BCUT2D eigenvalue weighted by molar-refractivity contribution is 7.89. The monoisotopic (exact) mass is 409 g/mol. The summed E-state index contributed by atoms with van der Waals surface area (Å²) in [5.74, 6) is 0.197. The first kappa shape index (κ1) is 20.6. The number of nitrogens with one attached hydrogen (secondary N) is 1. The molecular formula is C20H26FN2O4S+. The molecule has 3 rings (SSSR count). The van der Waals surface area contributed by atoms with Crippen LogP contribution in [0.15, 0.2) is 41.3 Å². The van der Waals surface area contributed by atoms with Crippen molar-refractivity contribution in [3.8, 4) is 11.5 Å². The van der Waals surface area contributed by atoms with Crippen molar-refractivity contribution in [2.75, 3.05) is 40.4 Å². The Labute approximate surface area is 165 Å². The Kier molecular flexibility index (Phi) is 6.22. The number of aryl methyl sites for hydroxylation is 1. The zero-order valence-electron chi connectivity index (χ0n) is 16.4. The number of piperazine rings is 1. The van der Waals surface area contributed by atoms with E-state index in [0.29, 0.717) is 38.5 Å². The zero-order valence-corrected chi connectivity index (χ0v) is 17.2. The van der Waals surface area contributed by atoms with Gasteiger partial charge < -0.3 is 14.4 Å². The van der Waals surface area contributed by atoms with Gasteiger partial charge in [0.15, 0.2) is 11.6 Å². The molecule has 0 amide bonds. The van der Waals surface area contributed by atoms with Crippen molar-refractivity contribution in [2.45, 2.75) is 18.4 Å². The number of methoxy groups -OCH3 is 2. The van der Waals surface area contributed by atoms with Crippen LogP contribution in [0.4, 0.5) is 4.39 Å². The summed E-state index contributed by atoms with van der Waals surface area (Å²) < 4.78 is 51.7. The Hall–Kier alpha value is -2.16. The lowest BCUT2D eigenvalue weighted by Crippen LogP contribution is -3.13. The van der Waals surface area contributed by atoms with Gasteiger partial charge in [0.2, 0.25) is 10.0 Å². The number of sulfonamides is 1. The number of hydrogen-bond acceptors (Lipinski definition) is 4. The number of quaternary nitrogens is 1. The van der Waals surface area contributed by atoms with E-state index in [1.165, 1.54) is 29.5 Å². The first-order chi connectivity index (χ1) is 13.3. The molecule has 0 radical (unpaired) electrons. The molecule has 1 N–H and O–H groups in total. The number of ether oxygens (including phenoxy) is 2. The average Bonchev–Trinajstić information content (AvgIpc) is 2.68. The average molecular weight is 410 g/mol. The van der Waals surface area contributed by atoms with Crippen molar-refractivity contribution in [1.82, 2.24) is 4.31 Å². The molecule has 2 aromatic rings. The lowest BCUT2D eigenvalue weighted by molar-refractivity contribution is -0.917. The number of halogens is 1. The predicted octanol–water partition coefficient (Wildman–Crippen LogP) is 1.24. The Morgan fingerprint density at radius 1 is 1.04 bits per heavy atom. The van der Waals surface area contributed by atoms with Gasteiger partial charge in [-0.15, -0.1) is 0 Å². The van der Waals surface area contributed by atoms with Crippen molar-refractivity contribution in [3.63, 3.8) is 0 Å². The first-order valence-corrected chi connectivity index (χ1v) is 10.6. The molecule has 152 valence electrons. The van der Waals surface area contributed by atoms with Crippen LogP contribution in [0, 0.1) is 12.7 Å². The Balaban J connectivity index is 1.68. The highest BCUT2D eigenvalue weighted by Gasteiger charge is 2.32. The molecule has 1 saturated heterocycles. The largest absolute Gasteiger partial charge is 0.495 e. The highest BCUT2D eigenvalue weighted by Crippen LogP contribution is 2.27. The van der Waals surface area contributed by atoms with Gasteiger partial charge in [0.25, 0.3) is 0 Å². The molecule has 28 heavy (non-hydrogen) atoms. The Morgan fingerprint density at radius 2 is 1.68 bits per heavy atom. The summed E-state index contributed by atoms with van der Waals surface area (Å²) in [6.07, 6.45) is 0. The molecule has 0 bridgehead atoms. The Morgan fingerprint density at radius 3 is 2.29 bits per heavy atom. The van der Waals surface area contributed by atoms with Gasteiger partial charge in [0, 0.05) is 5.56 Å². The van der Waals surface area contributed by atoms with Gasteiger partial charge in [0.05, 0.1) is 40.4 Å². The van der Waals surface area contributed by atoms with E-state index in [9.17, 15) is 12.8 Å². The van der Waals surface area contributed by atoms with Crippen LogP contribution in [0.3, 0.4) is 0 Å². The molecule has 0 atom stereocenters. The molecule has 8 heteroatoms. The molecule has 1 aliphatic rings. The Bertz CT molecular complexity index is 941. The van der Waals surface area contributed by atoms with Crippen molar-refractivity contribution >= 4 is 10.0 Å². The molecule has 1 heterocycles. The second kappa shape index (κ2) is 8.46. The smallest absolute Gasteiger partial charge is 0.247 e. The molecule has 0 saturated carbocycles. The van der Waals surface area contributed by atoms with E-state index in [1.54, 1.807) is 18.2 Å². The standard InChI is InChI=1S/C20H25FN2O4S/c1-15-4-6-19(27-3)20(12-15)28(24,25)23-10-8-22(9-11-23)14-16-5-7-18(26-2)17(21)13-16/h4-7,12-13H,8-11,14H2,1-3H3/p+1. The fourth-order valence-electron chi connectivity index (χ4n) is 3.45. The molecular weight excluding hydrogens is 383 g/mol. The van der Waals surface area contributed by atoms with Crippen LogP contribution >= 0.6 is 0 Å². The van der Waals surface area contributed by atoms with Crippen LogP contribution in [-0.2, 0) is 16.6 Å². The SMILES string of the molecule is COc1ccc(C[NH+]2CCN(S(=O)(=O)c3cc(C)ccc3OC)CC2)cc1F. The fourth-order valence-corrected chi connectivity index (χ4v) is 5.13. The first-order valence-electron chi connectivity index (χ1n) is 9.16. The third-order valence-corrected chi connectivity index (χ3v) is 6.96. The molecule has 0 aromatic heterocycles. The van der Waals surface area contributed by atoms with Gasteiger partial charge in [-0.3, -0.25) is 0 Å². The maximum absolute atomic E-state index is 13.9. The third-order valence-electron chi connectivity index (χ3n) is 5.04. The molecule has 0 spiro atoms. The summed E-state index contributed by atoms with van der Waals surface area (Å²) in [6.45, 7) is 4.62. The molecule has 1 fully saturated rings. The van der Waals surface area contributed by atoms with Crippen LogP contribution in [0.25, 0.3) is 0 Å². The number of benzene rings is 2. The van der Waals surface area contributed by atoms with Crippen molar-refractivity contribution < 1.29 is 27.2 Å². The van der Waals surface area contributed by atoms with Crippen LogP contribution in [-0.4, -0.2) is 53.1 Å². The number of hydrogen-bond donors (Lipinski definition) is 1. The van der Waals surface area contributed by atoms with Gasteiger partial charge in [-0.25, -0.2) is 12.8 Å². The lowest BCUT2D eigenvalue weighted by Gasteiger charge is -2.32. The van der Waals surface area contributed by atoms with Crippen LogP contribution in [0.2, 0.25) is 0 Å². The normalized spacial score (nSPS) is 16.1. The third kappa shape index (κ3) is 4.29. The second-order valence-corrected chi connectivity index (χ2v) is 8.86. The summed E-state index contributed by atoms with van der Waals surface area (Å²) in [6, 6.07) is 10.1. The summed E-state index contributed by atoms with van der Waals surface area (Å²) in [7, 11) is -0.712. The fraction of sp³-hybridized carbons (Fsp3) is 0.400. The summed E-state index contributed by atoms with van der Waals surface area (Å²) >= 11 is 0. The minimum atomic E-state index is -3.62. The molecule has 0 unspecified atom stereocenters. The predicted molar refractivity (Wildman–Crippen MR) is 104 cm³/mol. The van der Waals surface area contributed by atoms with Gasteiger partial charge >= 0.3 is 0 Å². The number of nitrogens with zero attached hydrogens (tertiary/aromatic N) is 1. The van der Waals surface area contributed by atoms with E-state index in [-0.39, 0.29) is 16.5 Å². The van der Waals surface area contributed by atoms with Crippen molar-refractivity contribution in [3.05, 3.63) is 53.3 Å². The minimum absolute atomic E-state index is 0.204. The minimum Gasteiger partial charge on any atom is -0.495 e. The van der Waals surface area contributed by atoms with Gasteiger partial charge in [-0.1, -0.05) is 6.07 Å². The van der Waals surface area contributed by atoms with E-state index in [4.69, 9.17) is 9.47 Å². The summed E-state index contributed by atoms with van der Waals surface area (Å²) in [5, 5.41) is 0. The second-order valence-electron chi connectivity index (χ2n) is 6.95. The van der Waals surface area contributed by atoms with Gasteiger partial charge in [-0.05, 0) is 42.8 Å².